The van der Waals surface area contributed by atoms with Gasteiger partial charge in [-0.05, 0) is 19.3 Å². The summed E-state index contributed by atoms with van der Waals surface area (Å²) < 4.78 is 0. The Morgan fingerprint density at radius 3 is 2.76 bits per heavy atom. The predicted molar refractivity (Wildman–Crippen MR) is 74.4 cm³/mol. The zero-order chi connectivity index (χ0) is 12.9. The number of amidine groups is 1. The van der Waals surface area contributed by atoms with Crippen molar-refractivity contribution in [2.24, 2.45) is 10.4 Å². The predicted octanol–water partition coefficient (Wildman–Crippen LogP) is 1.62. The number of rotatable bonds is 4. The first-order valence-electron chi connectivity index (χ1n) is 6.09. The van der Waals surface area contributed by atoms with Crippen molar-refractivity contribution in [2.45, 2.75) is 40.2 Å². The molecule has 0 atom stereocenters. The van der Waals surface area contributed by atoms with Crippen LogP contribution in [0.4, 0.5) is 0 Å². The van der Waals surface area contributed by atoms with Gasteiger partial charge in [0.15, 0.2) is 5.17 Å². The van der Waals surface area contributed by atoms with Gasteiger partial charge >= 0.3 is 0 Å². The van der Waals surface area contributed by atoms with Gasteiger partial charge in [0, 0.05) is 31.3 Å². The van der Waals surface area contributed by atoms with Crippen LogP contribution in [0, 0.1) is 5.41 Å². The Bertz CT molecular complexity index is 300. The average Bonchev–Trinajstić information content (AvgIpc) is 2.19. The number of carbonyl (C=O) groups excluding carboxylic acids is 1. The lowest BCUT2D eigenvalue weighted by Gasteiger charge is -2.27. The summed E-state index contributed by atoms with van der Waals surface area (Å²) in [5.74, 6) is 1.17. The normalized spacial score (nSPS) is 18.8. The highest BCUT2D eigenvalue weighted by Crippen LogP contribution is 2.26. The summed E-state index contributed by atoms with van der Waals surface area (Å²) in [6.07, 6.45) is 0.501. The van der Waals surface area contributed by atoms with E-state index in [1.807, 2.05) is 13.8 Å². The first-order chi connectivity index (χ1) is 7.89. The highest BCUT2D eigenvalue weighted by molar-refractivity contribution is 8.13. The van der Waals surface area contributed by atoms with E-state index >= 15 is 0 Å². The largest absolute Gasteiger partial charge is 0.364 e. The van der Waals surface area contributed by atoms with E-state index in [4.69, 9.17) is 0 Å². The van der Waals surface area contributed by atoms with Crippen LogP contribution < -0.4 is 10.6 Å². The van der Waals surface area contributed by atoms with Gasteiger partial charge in [0.25, 0.3) is 0 Å². The molecule has 1 aliphatic heterocycles. The van der Waals surface area contributed by atoms with Gasteiger partial charge in [-0.25, -0.2) is 0 Å². The maximum Gasteiger partial charge on any atom is 0.221 e. The van der Waals surface area contributed by atoms with Gasteiger partial charge in [-0.3, -0.25) is 9.79 Å². The number of aliphatic imine (C=N–C) groups is 1. The molecule has 0 aromatic carbocycles. The molecule has 0 saturated carbocycles. The van der Waals surface area contributed by atoms with Crippen molar-refractivity contribution in [3.63, 3.8) is 0 Å². The molecular weight excluding hydrogens is 234 g/mol. The quantitative estimate of drug-likeness (QED) is 0.804. The molecule has 1 rings (SSSR count). The first-order valence-corrected chi connectivity index (χ1v) is 7.08. The third-order valence-electron chi connectivity index (χ3n) is 2.33. The fourth-order valence-corrected chi connectivity index (χ4v) is 2.40. The lowest BCUT2D eigenvalue weighted by molar-refractivity contribution is -0.121. The Labute approximate surface area is 108 Å². The Morgan fingerprint density at radius 1 is 1.53 bits per heavy atom. The molecule has 0 aliphatic carbocycles. The van der Waals surface area contributed by atoms with Crippen LogP contribution in [0.15, 0.2) is 4.99 Å². The third kappa shape index (κ3) is 5.96. The fraction of sp³-hybridized carbons (Fsp3) is 0.833. The minimum absolute atomic E-state index is 0.0919. The highest BCUT2D eigenvalue weighted by atomic mass is 32.2. The van der Waals surface area contributed by atoms with E-state index < -0.39 is 0 Å². The maximum atomic E-state index is 11.4. The van der Waals surface area contributed by atoms with Gasteiger partial charge in [-0.1, -0.05) is 25.6 Å². The van der Waals surface area contributed by atoms with Crippen LogP contribution >= 0.6 is 11.8 Å². The SMILES string of the molecule is CC(C)NC(=O)CCNC1=NCC(C)(C)CS1. The third-order valence-corrected chi connectivity index (χ3v) is 3.80. The molecule has 0 spiro atoms. The van der Waals surface area contributed by atoms with Crippen molar-refractivity contribution in [3.8, 4) is 0 Å². The van der Waals surface area contributed by atoms with Crippen LogP contribution in [0.5, 0.6) is 0 Å². The lowest BCUT2D eigenvalue weighted by Crippen LogP contribution is -2.35. The van der Waals surface area contributed by atoms with Crippen molar-refractivity contribution in [1.29, 1.82) is 0 Å². The maximum absolute atomic E-state index is 11.4. The Morgan fingerprint density at radius 2 is 2.24 bits per heavy atom. The summed E-state index contributed by atoms with van der Waals surface area (Å²) in [7, 11) is 0. The molecule has 0 aromatic heterocycles. The molecule has 0 radical (unpaired) electrons. The zero-order valence-corrected chi connectivity index (χ0v) is 12.0. The van der Waals surface area contributed by atoms with Crippen molar-refractivity contribution in [3.05, 3.63) is 0 Å². The number of hydrogen-bond donors (Lipinski definition) is 2. The first kappa shape index (κ1) is 14.4. The second-order valence-corrected chi connectivity index (χ2v) is 6.44. The summed E-state index contributed by atoms with van der Waals surface area (Å²) >= 11 is 1.74. The molecule has 2 N–H and O–H groups in total. The van der Waals surface area contributed by atoms with E-state index in [2.05, 4.69) is 29.5 Å². The Kier molecular flexibility index (Phi) is 5.31. The zero-order valence-electron chi connectivity index (χ0n) is 11.2. The molecule has 5 heteroatoms. The molecule has 1 amide bonds. The summed E-state index contributed by atoms with van der Waals surface area (Å²) in [6.45, 7) is 9.89. The summed E-state index contributed by atoms with van der Waals surface area (Å²) in [5, 5.41) is 7.06. The van der Waals surface area contributed by atoms with E-state index in [1.165, 1.54) is 0 Å². The van der Waals surface area contributed by atoms with Gasteiger partial charge in [-0.15, -0.1) is 0 Å². The second kappa shape index (κ2) is 6.28. The molecular formula is C12H23N3OS. The highest BCUT2D eigenvalue weighted by Gasteiger charge is 2.23. The van der Waals surface area contributed by atoms with Gasteiger partial charge < -0.3 is 10.6 Å². The molecule has 0 unspecified atom stereocenters. The molecule has 4 nitrogen and oxygen atoms in total. The molecule has 0 aromatic rings. The number of amides is 1. The van der Waals surface area contributed by atoms with Crippen LogP contribution in [0.2, 0.25) is 0 Å². The van der Waals surface area contributed by atoms with E-state index in [0.717, 1.165) is 17.5 Å². The van der Waals surface area contributed by atoms with Gasteiger partial charge in [-0.2, -0.15) is 0 Å². The molecule has 1 heterocycles. The van der Waals surface area contributed by atoms with Gasteiger partial charge in [0.05, 0.1) is 0 Å². The molecule has 1 aliphatic rings. The molecule has 0 bridgehead atoms. The van der Waals surface area contributed by atoms with Crippen LogP contribution in [0.25, 0.3) is 0 Å². The van der Waals surface area contributed by atoms with Crippen LogP contribution in [-0.2, 0) is 4.79 Å². The minimum Gasteiger partial charge on any atom is -0.364 e. The molecule has 17 heavy (non-hydrogen) atoms. The minimum atomic E-state index is 0.0919. The molecule has 98 valence electrons. The van der Waals surface area contributed by atoms with Crippen LogP contribution in [0.3, 0.4) is 0 Å². The molecule has 0 saturated heterocycles. The number of nitrogens with one attached hydrogen (secondary N) is 2. The molecule has 0 fully saturated rings. The smallest absolute Gasteiger partial charge is 0.221 e. The summed E-state index contributed by atoms with van der Waals surface area (Å²) in [5.41, 5.74) is 0.296. The standard InChI is InChI=1S/C12H23N3OS/c1-9(2)15-10(16)5-6-13-11-14-7-12(3,4)8-17-11/h9H,5-8H2,1-4H3,(H,13,14)(H,15,16). The Hall–Kier alpha value is -0.710. The Balaban J connectivity index is 2.20. The van der Waals surface area contributed by atoms with E-state index in [9.17, 15) is 4.79 Å². The van der Waals surface area contributed by atoms with Crippen LogP contribution in [0.1, 0.15) is 34.1 Å². The number of nitrogens with zero attached hydrogens (tertiary/aromatic N) is 1. The number of thioether (sulfide) groups is 1. The van der Waals surface area contributed by atoms with Gasteiger partial charge in [0.1, 0.15) is 0 Å². The van der Waals surface area contributed by atoms with Crippen LogP contribution in [-0.4, -0.2) is 36.0 Å². The lowest BCUT2D eigenvalue weighted by atomic mass is 9.97. The van der Waals surface area contributed by atoms with Crippen molar-refractivity contribution < 1.29 is 4.79 Å². The van der Waals surface area contributed by atoms with Gasteiger partial charge in [0.2, 0.25) is 5.91 Å². The van der Waals surface area contributed by atoms with E-state index in [-0.39, 0.29) is 11.9 Å². The average molecular weight is 257 g/mol. The second-order valence-electron chi connectivity index (χ2n) is 5.47. The monoisotopic (exact) mass is 257 g/mol. The van der Waals surface area contributed by atoms with E-state index in [1.54, 1.807) is 11.8 Å². The van der Waals surface area contributed by atoms with Crippen molar-refractivity contribution in [2.75, 3.05) is 18.8 Å². The van der Waals surface area contributed by atoms with E-state index in [0.29, 0.717) is 18.4 Å². The van der Waals surface area contributed by atoms with Crippen molar-refractivity contribution >= 4 is 22.8 Å². The van der Waals surface area contributed by atoms with Crippen molar-refractivity contribution in [1.82, 2.24) is 10.6 Å². The number of hydrogen-bond acceptors (Lipinski definition) is 4. The number of carbonyl (C=O) groups is 1. The summed E-state index contributed by atoms with van der Waals surface area (Å²) in [6, 6.07) is 0.213. The summed E-state index contributed by atoms with van der Waals surface area (Å²) in [4.78, 5) is 15.9. The fourth-order valence-electron chi connectivity index (χ4n) is 1.42. The topological polar surface area (TPSA) is 53.5 Å².